The van der Waals surface area contributed by atoms with Crippen molar-refractivity contribution in [1.29, 1.82) is 10.5 Å². The molecule has 4 aromatic rings. The second-order valence-corrected chi connectivity index (χ2v) is 10.7. The molecular weight excluding hydrogens is 510 g/mol. The highest BCUT2D eigenvalue weighted by Crippen LogP contribution is 2.36. The number of rotatable bonds is 5. The van der Waals surface area contributed by atoms with Gasteiger partial charge in [0.25, 0.3) is 5.56 Å². The summed E-state index contributed by atoms with van der Waals surface area (Å²) in [5.74, 6) is -0.290. The van der Waals surface area contributed by atoms with Crippen LogP contribution in [0.2, 0.25) is 0 Å². The van der Waals surface area contributed by atoms with Crippen molar-refractivity contribution in [3.05, 3.63) is 105 Å². The van der Waals surface area contributed by atoms with Gasteiger partial charge in [-0.2, -0.15) is 10.5 Å². The third kappa shape index (κ3) is 5.02. The van der Waals surface area contributed by atoms with E-state index in [1.54, 1.807) is 16.5 Å². The Hall–Kier alpha value is -4.10. The molecule has 0 saturated carbocycles. The number of fused-ring (bicyclic) bond motifs is 1. The number of pyridine rings is 2. The first kappa shape index (κ1) is 26.5. The zero-order valence-electron chi connectivity index (χ0n) is 22.0. The molecule has 4 atom stereocenters. The lowest BCUT2D eigenvalue weighted by atomic mass is 9.93. The van der Waals surface area contributed by atoms with Gasteiger partial charge in [0.05, 0.1) is 28.9 Å². The minimum atomic E-state index is -0.290. The van der Waals surface area contributed by atoms with Crippen molar-refractivity contribution >= 4 is 25.5 Å². The monoisotopic (exact) mass is 538 g/mol. The van der Waals surface area contributed by atoms with Crippen molar-refractivity contribution in [2.24, 2.45) is 0 Å². The molecule has 1 aliphatic rings. The van der Waals surface area contributed by atoms with Gasteiger partial charge >= 0.3 is 0 Å². The molecule has 1 saturated heterocycles. The van der Waals surface area contributed by atoms with Crippen LogP contribution in [-0.2, 0) is 0 Å². The molecule has 0 amide bonds. The van der Waals surface area contributed by atoms with E-state index >= 15 is 0 Å². The van der Waals surface area contributed by atoms with Crippen LogP contribution in [0.1, 0.15) is 42.3 Å². The third-order valence-corrected chi connectivity index (χ3v) is 8.30. The van der Waals surface area contributed by atoms with Crippen LogP contribution >= 0.6 is 8.73 Å². The van der Waals surface area contributed by atoms with Crippen LogP contribution in [0.3, 0.4) is 0 Å². The summed E-state index contributed by atoms with van der Waals surface area (Å²) >= 11 is 0. The summed E-state index contributed by atoms with van der Waals surface area (Å²) in [6.07, 6.45) is 0. The van der Waals surface area contributed by atoms with E-state index in [1.165, 1.54) is 12.1 Å². The fourth-order valence-corrected chi connectivity index (χ4v) is 6.22. The maximum Gasteiger partial charge on any atom is 0.256 e. The maximum absolute atomic E-state index is 13.8. The van der Waals surface area contributed by atoms with Gasteiger partial charge in [-0.05, 0) is 76.8 Å². The second kappa shape index (κ2) is 10.9. The van der Waals surface area contributed by atoms with Gasteiger partial charge in [0.2, 0.25) is 0 Å². The quantitative estimate of drug-likeness (QED) is 0.331. The Kier molecular flexibility index (Phi) is 7.44. The molecule has 2 aromatic carbocycles. The van der Waals surface area contributed by atoms with Gasteiger partial charge in [-0.15, -0.1) is 0 Å². The average Bonchev–Trinajstić information content (AvgIpc) is 2.95. The molecule has 0 aliphatic carbocycles. The highest BCUT2D eigenvalue weighted by molar-refractivity contribution is 7.35. The number of hydrogen-bond acceptors (Lipinski definition) is 6. The Morgan fingerprint density at radius 2 is 1.62 bits per heavy atom. The molecule has 1 aliphatic heterocycles. The van der Waals surface area contributed by atoms with E-state index in [0.29, 0.717) is 29.9 Å². The van der Waals surface area contributed by atoms with E-state index in [4.69, 9.17) is 0 Å². The molecule has 5 rings (SSSR count). The Morgan fingerprint density at radius 3 is 2.23 bits per heavy atom. The third-order valence-electron chi connectivity index (χ3n) is 7.39. The average molecular weight is 539 g/mol. The van der Waals surface area contributed by atoms with Crippen LogP contribution in [0.5, 0.6) is 0 Å². The molecule has 2 aromatic heterocycles. The first-order valence-electron chi connectivity index (χ1n) is 12.8. The van der Waals surface area contributed by atoms with Gasteiger partial charge in [-0.3, -0.25) is 14.0 Å². The summed E-state index contributed by atoms with van der Waals surface area (Å²) in [5, 5.41) is 18.8. The van der Waals surface area contributed by atoms with Crippen LogP contribution in [-0.4, -0.2) is 46.1 Å². The van der Waals surface area contributed by atoms with E-state index in [1.807, 2.05) is 49.1 Å². The lowest BCUT2D eigenvalue weighted by Crippen LogP contribution is -2.57. The largest absolute Gasteiger partial charge is 0.364 e. The molecule has 39 heavy (non-hydrogen) atoms. The van der Waals surface area contributed by atoms with Crippen molar-refractivity contribution in [2.75, 3.05) is 24.7 Å². The maximum atomic E-state index is 13.8. The lowest BCUT2D eigenvalue weighted by Gasteiger charge is -2.48. The van der Waals surface area contributed by atoms with Gasteiger partial charge in [0.15, 0.2) is 0 Å². The summed E-state index contributed by atoms with van der Waals surface area (Å²) in [4.78, 5) is 22.3. The molecule has 196 valence electrons. The van der Waals surface area contributed by atoms with Gasteiger partial charge in [-0.25, -0.2) is 9.37 Å². The number of halogens is 1. The van der Waals surface area contributed by atoms with Gasteiger partial charge in [0, 0.05) is 31.2 Å². The Bertz CT molecular complexity index is 1660. The lowest BCUT2D eigenvalue weighted by molar-refractivity contribution is 0.130. The first-order chi connectivity index (χ1) is 18.8. The van der Waals surface area contributed by atoms with Crippen molar-refractivity contribution in [3.63, 3.8) is 0 Å². The molecule has 0 spiro atoms. The van der Waals surface area contributed by atoms with E-state index < -0.39 is 0 Å². The van der Waals surface area contributed by atoms with Crippen LogP contribution in [0.25, 0.3) is 11.0 Å². The van der Waals surface area contributed by atoms with Crippen LogP contribution in [0, 0.1) is 28.5 Å². The van der Waals surface area contributed by atoms with Gasteiger partial charge in [-0.1, -0.05) is 24.3 Å². The first-order valence-corrected chi connectivity index (χ1v) is 14.2. The number of aromatic nitrogens is 2. The predicted molar refractivity (Wildman–Crippen MR) is 153 cm³/mol. The molecule has 3 heterocycles. The zero-order valence-corrected chi connectivity index (χ0v) is 23.0. The number of nitriles is 2. The van der Waals surface area contributed by atoms with Crippen molar-refractivity contribution in [1.82, 2.24) is 14.2 Å². The smallest absolute Gasteiger partial charge is 0.256 e. The van der Waals surface area contributed by atoms with Crippen LogP contribution in [0.4, 0.5) is 10.1 Å². The molecule has 0 N–H and O–H groups in total. The Balaban J connectivity index is 1.56. The number of anilines is 1. The highest BCUT2D eigenvalue weighted by Gasteiger charge is 2.36. The molecule has 0 radical (unpaired) electrons. The topological polar surface area (TPSA) is 88.9 Å². The van der Waals surface area contributed by atoms with Gasteiger partial charge in [0.1, 0.15) is 23.1 Å². The number of hydrogen-bond donors (Lipinski definition) is 0. The van der Waals surface area contributed by atoms with Crippen molar-refractivity contribution in [3.8, 4) is 12.1 Å². The van der Waals surface area contributed by atoms with Crippen LogP contribution in [0.15, 0.2) is 71.5 Å². The number of piperazine rings is 1. The summed E-state index contributed by atoms with van der Waals surface area (Å²) in [6, 6.07) is 23.4. The standard InChI is InChI=1S/C30H28FN6OP/c1-19-18-36(30(23-8-10-24(31)11-9-23)22-6-4-21(15-32)5-7-22)20(2)17-35(19)27-14-28(38)37(39-3)26-13-12-25(16-33)34-29(26)27/h4-14,19-20,30,39H,17-18H2,1-3H3/t19-,20+,30?/m0/s1. The van der Waals surface area contributed by atoms with E-state index in [-0.39, 0.29) is 38.2 Å². The van der Waals surface area contributed by atoms with E-state index in [2.05, 4.69) is 40.8 Å². The Morgan fingerprint density at radius 1 is 0.949 bits per heavy atom. The molecule has 7 nitrogen and oxygen atoms in total. The molecule has 2 unspecified atom stereocenters. The SMILES string of the molecule is CPn1c(=O)cc(N2C[C@@H](C)N(C(c3ccc(F)cc3)c3ccc(C#N)cc3)C[C@@H]2C)c2nc(C#N)ccc21. The molecule has 9 heteroatoms. The highest BCUT2D eigenvalue weighted by atomic mass is 31.1. The predicted octanol–water partition coefficient (Wildman–Crippen LogP) is 5.04. The molecular formula is C30H28FN6OP. The molecule has 1 fully saturated rings. The summed E-state index contributed by atoms with van der Waals surface area (Å²) in [6.45, 7) is 7.50. The van der Waals surface area contributed by atoms with Crippen molar-refractivity contribution < 1.29 is 4.39 Å². The van der Waals surface area contributed by atoms with Gasteiger partial charge < -0.3 is 4.90 Å². The fourth-order valence-electron chi connectivity index (χ4n) is 5.51. The second-order valence-electron chi connectivity index (χ2n) is 9.84. The minimum Gasteiger partial charge on any atom is -0.364 e. The van der Waals surface area contributed by atoms with E-state index in [9.17, 15) is 19.7 Å². The number of nitrogens with zero attached hydrogens (tertiary/aromatic N) is 6. The minimum absolute atomic E-state index is 0.0117. The normalized spacial score (nSPS) is 18.8. The summed E-state index contributed by atoms with van der Waals surface area (Å²) in [7, 11) is 0.240. The molecule has 0 bridgehead atoms. The number of benzene rings is 2. The van der Waals surface area contributed by atoms with E-state index in [0.717, 1.165) is 22.3 Å². The van der Waals surface area contributed by atoms with Crippen molar-refractivity contribution in [2.45, 2.75) is 32.0 Å². The summed E-state index contributed by atoms with van der Waals surface area (Å²) in [5.41, 5.74) is 4.90. The fraction of sp³-hybridized carbons (Fsp3) is 0.267. The van der Waals surface area contributed by atoms with Crippen LogP contribution < -0.4 is 10.5 Å². The Labute approximate surface area is 228 Å². The zero-order chi connectivity index (χ0) is 27.7. The summed E-state index contributed by atoms with van der Waals surface area (Å²) < 4.78 is 15.5.